The Morgan fingerprint density at radius 1 is 1.38 bits per heavy atom. The van der Waals surface area contributed by atoms with E-state index < -0.39 is 0 Å². The Hall–Kier alpha value is -0.570. The molecule has 3 nitrogen and oxygen atoms in total. The highest BCUT2D eigenvalue weighted by atomic mass is 16.2. The van der Waals surface area contributed by atoms with Crippen molar-refractivity contribution in [2.75, 3.05) is 13.1 Å². The van der Waals surface area contributed by atoms with Crippen LogP contribution in [0, 0.1) is 11.3 Å². The Labute approximate surface area is 98.4 Å². The lowest BCUT2D eigenvalue weighted by Gasteiger charge is -2.35. The average molecular weight is 224 g/mol. The predicted molar refractivity (Wildman–Crippen MR) is 64.9 cm³/mol. The summed E-state index contributed by atoms with van der Waals surface area (Å²) in [6, 6.07) is -0.250. The molecule has 1 atom stereocenters. The van der Waals surface area contributed by atoms with Crippen molar-refractivity contribution in [3.8, 4) is 0 Å². The van der Waals surface area contributed by atoms with Crippen LogP contribution in [0.4, 0.5) is 0 Å². The summed E-state index contributed by atoms with van der Waals surface area (Å²) in [5, 5.41) is 0. The SMILES string of the molecule is CCN(CC)C(=O)[C@@H](N)C12CCC(CC1)C2. The van der Waals surface area contributed by atoms with Crippen molar-refractivity contribution in [3.05, 3.63) is 0 Å². The highest BCUT2D eigenvalue weighted by Gasteiger charge is 2.51. The summed E-state index contributed by atoms with van der Waals surface area (Å²) in [6.07, 6.45) is 6.12. The molecule has 2 aliphatic rings. The van der Waals surface area contributed by atoms with Crippen molar-refractivity contribution >= 4 is 5.91 Å². The van der Waals surface area contributed by atoms with Crippen molar-refractivity contribution in [2.24, 2.45) is 17.1 Å². The molecule has 2 aliphatic carbocycles. The maximum atomic E-state index is 12.3. The van der Waals surface area contributed by atoms with E-state index in [0.717, 1.165) is 19.0 Å². The zero-order valence-corrected chi connectivity index (χ0v) is 10.5. The van der Waals surface area contributed by atoms with E-state index in [-0.39, 0.29) is 17.4 Å². The maximum Gasteiger partial charge on any atom is 0.240 e. The molecule has 0 aliphatic heterocycles. The third-order valence-corrected chi connectivity index (χ3v) is 4.80. The molecule has 0 heterocycles. The van der Waals surface area contributed by atoms with E-state index in [1.165, 1.54) is 32.1 Å². The molecule has 2 fully saturated rings. The molecular weight excluding hydrogens is 200 g/mol. The second-order valence-corrected chi connectivity index (χ2v) is 5.50. The topological polar surface area (TPSA) is 46.3 Å². The number of rotatable bonds is 4. The molecule has 0 spiro atoms. The zero-order chi connectivity index (χ0) is 11.8. The molecule has 2 rings (SSSR count). The smallest absolute Gasteiger partial charge is 0.240 e. The third kappa shape index (κ3) is 1.75. The van der Waals surface area contributed by atoms with Crippen LogP contribution in [0.2, 0.25) is 0 Å². The maximum absolute atomic E-state index is 12.3. The van der Waals surface area contributed by atoms with E-state index in [1.54, 1.807) is 0 Å². The van der Waals surface area contributed by atoms with Gasteiger partial charge in [0, 0.05) is 13.1 Å². The van der Waals surface area contributed by atoms with Crippen LogP contribution in [0.15, 0.2) is 0 Å². The molecule has 0 aromatic rings. The van der Waals surface area contributed by atoms with Gasteiger partial charge < -0.3 is 10.6 Å². The Morgan fingerprint density at radius 3 is 2.31 bits per heavy atom. The molecule has 16 heavy (non-hydrogen) atoms. The number of hydrogen-bond donors (Lipinski definition) is 1. The molecule has 1 amide bonds. The quantitative estimate of drug-likeness (QED) is 0.791. The van der Waals surface area contributed by atoms with E-state index in [0.29, 0.717) is 0 Å². The van der Waals surface area contributed by atoms with Gasteiger partial charge in [-0.05, 0) is 57.3 Å². The summed E-state index contributed by atoms with van der Waals surface area (Å²) in [6.45, 7) is 5.61. The Kier molecular flexibility index (Phi) is 3.24. The molecule has 0 aromatic heterocycles. The molecule has 2 N–H and O–H groups in total. The Morgan fingerprint density at radius 2 is 1.94 bits per heavy atom. The van der Waals surface area contributed by atoms with Gasteiger partial charge in [-0.2, -0.15) is 0 Å². The number of likely N-dealkylation sites (N-methyl/N-ethyl adjacent to an activating group) is 1. The minimum atomic E-state index is -0.250. The molecule has 92 valence electrons. The number of carbonyl (C=O) groups is 1. The van der Waals surface area contributed by atoms with Crippen LogP contribution in [0.5, 0.6) is 0 Å². The monoisotopic (exact) mass is 224 g/mol. The molecule has 3 heteroatoms. The van der Waals surface area contributed by atoms with Gasteiger partial charge in [-0.3, -0.25) is 4.79 Å². The first-order valence-corrected chi connectivity index (χ1v) is 6.67. The van der Waals surface area contributed by atoms with Crippen LogP contribution in [0.3, 0.4) is 0 Å². The van der Waals surface area contributed by atoms with Crippen LogP contribution in [0.1, 0.15) is 46.0 Å². The largest absolute Gasteiger partial charge is 0.342 e. The summed E-state index contributed by atoms with van der Waals surface area (Å²) < 4.78 is 0. The lowest BCUT2D eigenvalue weighted by Crippen LogP contribution is -2.52. The molecule has 0 radical (unpaired) electrons. The van der Waals surface area contributed by atoms with Crippen molar-refractivity contribution in [2.45, 2.75) is 52.0 Å². The van der Waals surface area contributed by atoms with E-state index in [2.05, 4.69) is 0 Å². The van der Waals surface area contributed by atoms with Gasteiger partial charge >= 0.3 is 0 Å². The number of amides is 1. The molecule has 0 unspecified atom stereocenters. The fourth-order valence-electron chi connectivity index (χ4n) is 3.67. The fourth-order valence-corrected chi connectivity index (χ4v) is 3.67. The van der Waals surface area contributed by atoms with Gasteiger partial charge in [-0.1, -0.05) is 0 Å². The van der Waals surface area contributed by atoms with Gasteiger partial charge in [0.2, 0.25) is 5.91 Å². The van der Waals surface area contributed by atoms with Gasteiger partial charge in [0.25, 0.3) is 0 Å². The van der Waals surface area contributed by atoms with Crippen LogP contribution in [0.25, 0.3) is 0 Å². The summed E-state index contributed by atoms with van der Waals surface area (Å²) >= 11 is 0. The van der Waals surface area contributed by atoms with Gasteiger partial charge in [0.15, 0.2) is 0 Å². The highest BCUT2D eigenvalue weighted by molar-refractivity contribution is 5.82. The first kappa shape index (κ1) is 11.9. The lowest BCUT2D eigenvalue weighted by molar-refractivity contribution is -0.135. The zero-order valence-electron chi connectivity index (χ0n) is 10.5. The number of hydrogen-bond acceptors (Lipinski definition) is 2. The number of nitrogens with zero attached hydrogens (tertiary/aromatic N) is 1. The number of carbonyl (C=O) groups excluding carboxylic acids is 1. The van der Waals surface area contributed by atoms with Gasteiger partial charge in [-0.15, -0.1) is 0 Å². The van der Waals surface area contributed by atoms with E-state index in [4.69, 9.17) is 5.73 Å². The lowest BCUT2D eigenvalue weighted by atomic mass is 9.77. The van der Waals surface area contributed by atoms with Gasteiger partial charge in [0.05, 0.1) is 6.04 Å². The minimum Gasteiger partial charge on any atom is -0.342 e. The molecular formula is C13H24N2O. The van der Waals surface area contributed by atoms with Crippen LogP contribution < -0.4 is 5.73 Å². The highest BCUT2D eigenvalue weighted by Crippen LogP contribution is 2.55. The van der Waals surface area contributed by atoms with Crippen molar-refractivity contribution in [1.29, 1.82) is 0 Å². The molecule has 2 bridgehead atoms. The van der Waals surface area contributed by atoms with Crippen molar-refractivity contribution in [3.63, 3.8) is 0 Å². The van der Waals surface area contributed by atoms with E-state index in [1.807, 2.05) is 18.7 Å². The van der Waals surface area contributed by atoms with Crippen LogP contribution in [-0.4, -0.2) is 29.9 Å². The van der Waals surface area contributed by atoms with Crippen molar-refractivity contribution < 1.29 is 4.79 Å². The summed E-state index contributed by atoms with van der Waals surface area (Å²) in [7, 11) is 0. The second kappa shape index (κ2) is 4.36. The van der Waals surface area contributed by atoms with Crippen LogP contribution >= 0.6 is 0 Å². The average Bonchev–Trinajstić information content (AvgIpc) is 2.90. The molecule has 0 saturated heterocycles. The normalized spacial score (nSPS) is 34.1. The summed E-state index contributed by atoms with van der Waals surface area (Å²) in [5.74, 6) is 1.03. The minimum absolute atomic E-state index is 0.157. The van der Waals surface area contributed by atoms with Gasteiger partial charge in [-0.25, -0.2) is 0 Å². The predicted octanol–water partition coefficient (Wildman–Crippen LogP) is 1.76. The summed E-state index contributed by atoms with van der Waals surface area (Å²) in [5.41, 5.74) is 6.41. The summed E-state index contributed by atoms with van der Waals surface area (Å²) in [4.78, 5) is 14.2. The number of nitrogens with two attached hydrogens (primary N) is 1. The van der Waals surface area contributed by atoms with Crippen LogP contribution in [-0.2, 0) is 4.79 Å². The first-order chi connectivity index (χ1) is 7.63. The molecule has 2 saturated carbocycles. The van der Waals surface area contributed by atoms with Crippen molar-refractivity contribution in [1.82, 2.24) is 4.90 Å². The Balaban J connectivity index is 2.06. The van der Waals surface area contributed by atoms with Gasteiger partial charge in [0.1, 0.15) is 0 Å². The van der Waals surface area contributed by atoms with E-state index >= 15 is 0 Å². The van der Waals surface area contributed by atoms with E-state index in [9.17, 15) is 4.79 Å². The Bertz CT molecular complexity index is 265. The second-order valence-electron chi connectivity index (χ2n) is 5.50. The first-order valence-electron chi connectivity index (χ1n) is 6.67. The standard InChI is InChI=1S/C13H24N2O/c1-3-15(4-2)12(16)11(14)13-7-5-10(9-13)6-8-13/h10-11H,3-9,14H2,1-2H3/t10?,11-,13?/m1/s1. The molecule has 0 aromatic carbocycles. The third-order valence-electron chi connectivity index (χ3n) is 4.80. The fraction of sp³-hybridized carbons (Fsp3) is 0.923. The number of fused-ring (bicyclic) bond motifs is 2.